The lowest BCUT2D eigenvalue weighted by atomic mass is 10.0. The van der Waals surface area contributed by atoms with E-state index in [0.29, 0.717) is 10.6 Å². The molecule has 0 saturated heterocycles. The summed E-state index contributed by atoms with van der Waals surface area (Å²) in [6.07, 6.45) is 0.263. The second kappa shape index (κ2) is 8.12. The molecule has 132 valence electrons. The molecule has 0 spiro atoms. The molecule has 0 aliphatic rings. The van der Waals surface area contributed by atoms with Gasteiger partial charge in [0.25, 0.3) is 5.69 Å². The highest BCUT2D eigenvalue weighted by Crippen LogP contribution is 2.29. The molecule has 5 nitrogen and oxygen atoms in total. The van der Waals surface area contributed by atoms with Crippen LogP contribution in [-0.4, -0.2) is 10.7 Å². The van der Waals surface area contributed by atoms with Crippen LogP contribution in [0.15, 0.2) is 66.0 Å². The summed E-state index contributed by atoms with van der Waals surface area (Å²) in [5.74, 6) is -0.00511. The lowest BCUT2D eigenvalue weighted by Gasteiger charge is -2.18. The molecule has 7 heteroatoms. The van der Waals surface area contributed by atoms with Gasteiger partial charge in [0.15, 0.2) is 5.78 Å². The van der Waals surface area contributed by atoms with Crippen LogP contribution in [-0.2, 0) is 0 Å². The molecule has 26 heavy (non-hydrogen) atoms. The highest BCUT2D eigenvalue weighted by atomic mass is 35.5. The predicted molar refractivity (Wildman–Crippen MR) is 104 cm³/mol. The van der Waals surface area contributed by atoms with Gasteiger partial charge in [0, 0.05) is 39.7 Å². The van der Waals surface area contributed by atoms with E-state index in [-0.39, 0.29) is 23.9 Å². The lowest BCUT2D eigenvalue weighted by molar-refractivity contribution is -0.384. The quantitative estimate of drug-likeness (QED) is 0.319. The number of anilines is 1. The minimum Gasteiger partial charge on any atom is -0.377 e. The maximum atomic E-state index is 12.6. The molecule has 0 aliphatic carbocycles. The fraction of sp³-hybridized carbons (Fsp3) is 0.105. The van der Waals surface area contributed by atoms with Gasteiger partial charge in [-0.25, -0.2) is 0 Å². The van der Waals surface area contributed by atoms with E-state index in [9.17, 15) is 14.9 Å². The van der Waals surface area contributed by atoms with E-state index in [1.807, 2.05) is 17.5 Å². The van der Waals surface area contributed by atoms with E-state index >= 15 is 0 Å². The van der Waals surface area contributed by atoms with E-state index in [2.05, 4.69) is 5.32 Å². The molecular formula is C19H15ClN2O3S. The van der Waals surface area contributed by atoms with Crippen molar-refractivity contribution in [2.24, 2.45) is 0 Å². The summed E-state index contributed by atoms with van der Waals surface area (Å²) >= 11 is 7.43. The Hall–Kier alpha value is -2.70. The van der Waals surface area contributed by atoms with Gasteiger partial charge in [-0.3, -0.25) is 14.9 Å². The molecule has 3 aromatic rings. The molecule has 0 saturated carbocycles. The highest BCUT2D eigenvalue weighted by molar-refractivity contribution is 7.10. The van der Waals surface area contributed by atoms with Crippen LogP contribution in [0.25, 0.3) is 0 Å². The minimum absolute atomic E-state index is 0.00511. The van der Waals surface area contributed by atoms with Crippen LogP contribution in [0, 0.1) is 10.1 Å². The maximum absolute atomic E-state index is 12.6. The number of ketones is 1. The van der Waals surface area contributed by atoms with Crippen LogP contribution in [0.5, 0.6) is 0 Å². The molecule has 1 aromatic heterocycles. The van der Waals surface area contributed by atoms with Crippen LogP contribution in [0.4, 0.5) is 11.4 Å². The zero-order valence-electron chi connectivity index (χ0n) is 13.6. The summed E-state index contributed by atoms with van der Waals surface area (Å²) in [5, 5.41) is 16.6. The number of halogens is 1. The Kier molecular flexibility index (Phi) is 5.65. The van der Waals surface area contributed by atoms with Gasteiger partial charge in [-0.1, -0.05) is 17.7 Å². The topological polar surface area (TPSA) is 72.2 Å². The van der Waals surface area contributed by atoms with Crippen LogP contribution < -0.4 is 5.32 Å². The van der Waals surface area contributed by atoms with Crippen molar-refractivity contribution in [3.63, 3.8) is 0 Å². The summed E-state index contributed by atoms with van der Waals surface area (Å²) in [4.78, 5) is 24.0. The van der Waals surface area contributed by atoms with Crippen LogP contribution in [0.2, 0.25) is 5.02 Å². The van der Waals surface area contributed by atoms with Gasteiger partial charge >= 0.3 is 0 Å². The monoisotopic (exact) mass is 386 g/mol. The second-order valence-electron chi connectivity index (χ2n) is 5.65. The molecule has 3 rings (SSSR count). The van der Waals surface area contributed by atoms with Crippen molar-refractivity contribution in [1.82, 2.24) is 0 Å². The van der Waals surface area contributed by atoms with Crippen molar-refractivity contribution < 1.29 is 9.72 Å². The molecule has 0 amide bonds. The normalized spacial score (nSPS) is 11.7. The fourth-order valence-corrected chi connectivity index (χ4v) is 3.44. The fourth-order valence-electron chi connectivity index (χ4n) is 2.53. The molecule has 0 bridgehead atoms. The van der Waals surface area contributed by atoms with E-state index < -0.39 is 4.92 Å². The standard InChI is InChI=1S/C19H15ClN2O3S/c20-14-5-3-13(4-6-14)18(23)12-17(19-2-1-11-26-19)21-15-7-9-16(10-8-15)22(24)25/h1-11,17,21H,12H2. The van der Waals surface area contributed by atoms with E-state index in [1.165, 1.54) is 12.1 Å². The number of carbonyl (C=O) groups excluding carboxylic acids is 1. The van der Waals surface area contributed by atoms with Crippen molar-refractivity contribution in [2.45, 2.75) is 12.5 Å². The maximum Gasteiger partial charge on any atom is 0.269 e. The highest BCUT2D eigenvalue weighted by Gasteiger charge is 2.18. The zero-order valence-corrected chi connectivity index (χ0v) is 15.2. The second-order valence-corrected chi connectivity index (χ2v) is 7.07. The molecule has 0 aliphatic heterocycles. The number of hydrogen-bond donors (Lipinski definition) is 1. The number of benzene rings is 2. The van der Waals surface area contributed by atoms with E-state index in [0.717, 1.165) is 10.6 Å². The van der Waals surface area contributed by atoms with Crippen LogP contribution in [0.3, 0.4) is 0 Å². The number of nitro benzene ring substituents is 1. The summed E-state index contributed by atoms with van der Waals surface area (Å²) in [6.45, 7) is 0. The third-order valence-corrected chi connectivity index (χ3v) is 5.10. The Morgan fingerprint density at radius 1 is 1.12 bits per heavy atom. The number of nitrogens with zero attached hydrogens (tertiary/aromatic N) is 1. The van der Waals surface area contributed by atoms with Gasteiger partial charge in [-0.05, 0) is 47.8 Å². The molecule has 0 radical (unpaired) electrons. The molecule has 1 atom stereocenters. The van der Waals surface area contributed by atoms with Crippen molar-refractivity contribution in [2.75, 3.05) is 5.32 Å². The van der Waals surface area contributed by atoms with Gasteiger partial charge in [0.1, 0.15) is 0 Å². The van der Waals surface area contributed by atoms with Gasteiger partial charge < -0.3 is 5.32 Å². The Balaban J connectivity index is 1.78. The average Bonchev–Trinajstić information content (AvgIpc) is 3.16. The van der Waals surface area contributed by atoms with Gasteiger partial charge in [0.05, 0.1) is 11.0 Å². The first-order valence-electron chi connectivity index (χ1n) is 7.86. The number of non-ortho nitro benzene ring substituents is 1. The summed E-state index contributed by atoms with van der Waals surface area (Å²) in [6, 6.07) is 16.6. The third-order valence-electron chi connectivity index (χ3n) is 3.86. The van der Waals surface area contributed by atoms with Crippen LogP contribution >= 0.6 is 22.9 Å². The summed E-state index contributed by atoms with van der Waals surface area (Å²) < 4.78 is 0. The number of nitro groups is 1. The number of nitrogens with one attached hydrogen (secondary N) is 1. The molecular weight excluding hydrogens is 372 g/mol. The number of hydrogen-bond acceptors (Lipinski definition) is 5. The lowest BCUT2D eigenvalue weighted by Crippen LogP contribution is -2.14. The number of rotatable bonds is 7. The van der Waals surface area contributed by atoms with Crippen LogP contribution in [0.1, 0.15) is 27.7 Å². The number of thiophene rings is 1. The van der Waals surface area contributed by atoms with Crippen molar-refractivity contribution in [3.8, 4) is 0 Å². The van der Waals surface area contributed by atoms with E-state index in [4.69, 9.17) is 11.6 Å². The molecule has 0 fully saturated rings. The first kappa shape index (κ1) is 18.1. The van der Waals surface area contributed by atoms with Gasteiger partial charge in [0.2, 0.25) is 0 Å². The third kappa shape index (κ3) is 4.47. The van der Waals surface area contributed by atoms with Crippen molar-refractivity contribution in [1.29, 1.82) is 0 Å². The molecule has 1 N–H and O–H groups in total. The predicted octanol–water partition coefficient (Wildman–Crippen LogP) is 5.74. The summed E-state index contributed by atoms with van der Waals surface area (Å²) in [7, 11) is 0. The summed E-state index contributed by atoms with van der Waals surface area (Å²) in [5.41, 5.74) is 1.35. The van der Waals surface area contributed by atoms with E-state index in [1.54, 1.807) is 47.7 Å². The number of carbonyl (C=O) groups is 1. The van der Waals surface area contributed by atoms with Gasteiger partial charge in [-0.15, -0.1) is 11.3 Å². The van der Waals surface area contributed by atoms with Gasteiger partial charge in [-0.2, -0.15) is 0 Å². The molecule has 1 heterocycles. The molecule has 2 aromatic carbocycles. The molecule has 1 unspecified atom stereocenters. The Bertz CT molecular complexity index is 894. The first-order chi connectivity index (χ1) is 12.5. The van der Waals surface area contributed by atoms with Crippen molar-refractivity contribution in [3.05, 3.63) is 91.6 Å². The minimum atomic E-state index is -0.440. The Labute approximate surface area is 159 Å². The largest absolute Gasteiger partial charge is 0.377 e. The van der Waals surface area contributed by atoms with Crippen molar-refractivity contribution >= 4 is 40.1 Å². The Morgan fingerprint density at radius 2 is 1.81 bits per heavy atom. The first-order valence-corrected chi connectivity index (χ1v) is 9.12. The SMILES string of the molecule is O=C(CC(Nc1ccc([N+](=O)[O-])cc1)c1cccs1)c1ccc(Cl)cc1. The number of Topliss-reactive ketones (excluding diaryl/α,β-unsaturated/α-hetero) is 1. The Morgan fingerprint density at radius 3 is 2.38 bits per heavy atom. The zero-order chi connectivity index (χ0) is 18.5. The smallest absolute Gasteiger partial charge is 0.269 e. The average molecular weight is 387 g/mol.